The minimum absolute atomic E-state index is 0.0881. The third-order valence-electron chi connectivity index (χ3n) is 2.76. The molecule has 0 spiro atoms. The SMILES string of the molecule is CC.CC.CC=C=C1CCCC2O[C@]12C. The van der Waals surface area contributed by atoms with Crippen molar-refractivity contribution < 1.29 is 4.74 Å². The molecule has 15 heavy (non-hydrogen) atoms. The first-order valence-corrected chi connectivity index (χ1v) is 6.36. The molecular weight excluding hydrogens is 184 g/mol. The smallest absolute Gasteiger partial charge is 0.120 e. The second-order valence-corrected chi connectivity index (χ2v) is 3.52. The minimum atomic E-state index is 0.0881. The molecule has 0 radical (unpaired) electrons. The lowest BCUT2D eigenvalue weighted by Crippen LogP contribution is -2.17. The predicted octanol–water partition coefficient (Wildman–Crippen LogP) is 4.48. The zero-order chi connectivity index (χ0) is 11.9. The molecule has 0 aromatic heterocycles. The fourth-order valence-corrected chi connectivity index (χ4v) is 1.96. The lowest BCUT2D eigenvalue weighted by molar-refractivity contribution is 0.338. The zero-order valence-electron chi connectivity index (χ0n) is 11.2. The summed E-state index contributed by atoms with van der Waals surface area (Å²) in [6.07, 6.45) is 6.20. The van der Waals surface area contributed by atoms with Gasteiger partial charge in [-0.1, -0.05) is 27.7 Å². The van der Waals surface area contributed by atoms with Gasteiger partial charge in [-0.25, -0.2) is 0 Å². The van der Waals surface area contributed by atoms with Crippen LogP contribution in [0.5, 0.6) is 0 Å². The summed E-state index contributed by atoms with van der Waals surface area (Å²) >= 11 is 0. The molecule has 1 aliphatic heterocycles. The average Bonchev–Trinajstić information content (AvgIpc) is 2.98. The van der Waals surface area contributed by atoms with Crippen LogP contribution in [0.4, 0.5) is 0 Å². The number of hydrogen-bond donors (Lipinski definition) is 0. The normalized spacial score (nSPS) is 30.8. The Morgan fingerprint density at radius 2 is 1.93 bits per heavy atom. The van der Waals surface area contributed by atoms with Crippen LogP contribution in [-0.4, -0.2) is 11.7 Å². The summed E-state index contributed by atoms with van der Waals surface area (Å²) in [6, 6.07) is 0. The van der Waals surface area contributed by atoms with Gasteiger partial charge in [0.25, 0.3) is 0 Å². The second kappa shape index (κ2) is 6.87. The maximum absolute atomic E-state index is 5.61. The minimum Gasteiger partial charge on any atom is -0.361 e. The van der Waals surface area contributed by atoms with E-state index in [4.69, 9.17) is 4.74 Å². The van der Waals surface area contributed by atoms with Crippen LogP contribution in [-0.2, 0) is 4.74 Å². The number of epoxide rings is 1. The van der Waals surface area contributed by atoms with Crippen molar-refractivity contribution in [1.29, 1.82) is 0 Å². The zero-order valence-corrected chi connectivity index (χ0v) is 11.2. The van der Waals surface area contributed by atoms with Gasteiger partial charge in [-0.3, -0.25) is 0 Å². The van der Waals surface area contributed by atoms with Gasteiger partial charge < -0.3 is 4.74 Å². The summed E-state index contributed by atoms with van der Waals surface area (Å²) in [5, 5.41) is 0. The topological polar surface area (TPSA) is 12.5 Å². The molecule has 1 unspecified atom stereocenters. The first kappa shape index (κ1) is 14.5. The Balaban J connectivity index is 0.000000442. The fraction of sp³-hybridized carbons (Fsp3) is 0.786. The Morgan fingerprint density at radius 1 is 1.33 bits per heavy atom. The van der Waals surface area contributed by atoms with Crippen molar-refractivity contribution in [3.05, 3.63) is 17.4 Å². The van der Waals surface area contributed by atoms with Crippen LogP contribution in [0.1, 0.15) is 60.8 Å². The highest BCUT2D eigenvalue weighted by atomic mass is 16.6. The third kappa shape index (κ3) is 3.22. The van der Waals surface area contributed by atoms with Crippen LogP contribution in [0.3, 0.4) is 0 Å². The fourth-order valence-electron chi connectivity index (χ4n) is 1.96. The van der Waals surface area contributed by atoms with Crippen molar-refractivity contribution in [3.63, 3.8) is 0 Å². The Labute approximate surface area is 95.2 Å². The van der Waals surface area contributed by atoms with Crippen LogP contribution >= 0.6 is 0 Å². The molecule has 88 valence electrons. The quantitative estimate of drug-likeness (QED) is 0.424. The highest BCUT2D eigenvalue weighted by Gasteiger charge is 2.56. The van der Waals surface area contributed by atoms with E-state index in [1.165, 1.54) is 24.8 Å². The summed E-state index contributed by atoms with van der Waals surface area (Å²) in [7, 11) is 0. The van der Waals surface area contributed by atoms with Crippen molar-refractivity contribution in [2.45, 2.75) is 72.5 Å². The van der Waals surface area contributed by atoms with Crippen molar-refractivity contribution in [3.8, 4) is 0 Å². The Hall–Kier alpha value is -0.520. The average molecular weight is 210 g/mol. The molecule has 1 aliphatic carbocycles. The number of rotatable bonds is 0. The molecule has 1 nitrogen and oxygen atoms in total. The van der Waals surface area contributed by atoms with E-state index in [0.29, 0.717) is 6.10 Å². The monoisotopic (exact) mass is 210 g/mol. The highest BCUT2D eigenvalue weighted by Crippen LogP contribution is 2.50. The van der Waals surface area contributed by atoms with Gasteiger partial charge in [-0.2, -0.15) is 0 Å². The van der Waals surface area contributed by atoms with Crippen molar-refractivity contribution >= 4 is 0 Å². The standard InChI is InChI=1S/C10H14O.2C2H6/c1-3-5-8-6-4-7-9-10(8,2)11-9;2*1-2/h3,9H,4,6-7H2,1-2H3;2*1-2H3/t5?,9?,10-;;/m1../s1. The summed E-state index contributed by atoms with van der Waals surface area (Å²) in [4.78, 5) is 0. The Kier molecular flexibility index (Phi) is 6.63. The number of hydrogen-bond acceptors (Lipinski definition) is 1. The molecule has 2 rings (SSSR count). The molecule has 2 atom stereocenters. The van der Waals surface area contributed by atoms with Gasteiger partial charge in [0.15, 0.2) is 0 Å². The molecule has 1 heterocycles. The van der Waals surface area contributed by atoms with E-state index in [1.807, 2.05) is 40.7 Å². The van der Waals surface area contributed by atoms with E-state index in [2.05, 4.69) is 12.7 Å². The summed E-state index contributed by atoms with van der Waals surface area (Å²) in [5.74, 6) is 0. The van der Waals surface area contributed by atoms with Crippen molar-refractivity contribution in [2.24, 2.45) is 0 Å². The molecule has 2 fully saturated rings. The number of fused-ring (bicyclic) bond motifs is 1. The molecular formula is C14H26O. The first-order chi connectivity index (χ1) is 7.27. The number of ether oxygens (including phenoxy) is 1. The molecule has 0 bridgehead atoms. The van der Waals surface area contributed by atoms with E-state index in [-0.39, 0.29) is 5.60 Å². The lowest BCUT2D eigenvalue weighted by Gasteiger charge is -2.14. The van der Waals surface area contributed by atoms with Crippen LogP contribution < -0.4 is 0 Å². The van der Waals surface area contributed by atoms with E-state index < -0.39 is 0 Å². The maximum Gasteiger partial charge on any atom is 0.120 e. The van der Waals surface area contributed by atoms with E-state index >= 15 is 0 Å². The van der Waals surface area contributed by atoms with Gasteiger partial charge in [0, 0.05) is 5.57 Å². The molecule has 1 heteroatoms. The van der Waals surface area contributed by atoms with Crippen LogP contribution in [0.25, 0.3) is 0 Å². The van der Waals surface area contributed by atoms with Gasteiger partial charge in [-0.15, -0.1) is 5.73 Å². The van der Waals surface area contributed by atoms with Crippen LogP contribution in [0.2, 0.25) is 0 Å². The molecule has 1 saturated carbocycles. The summed E-state index contributed by atoms with van der Waals surface area (Å²) in [6.45, 7) is 12.2. The first-order valence-electron chi connectivity index (χ1n) is 6.36. The molecule has 0 aromatic rings. The maximum atomic E-state index is 5.61. The van der Waals surface area contributed by atoms with Gasteiger partial charge in [0.2, 0.25) is 0 Å². The summed E-state index contributed by atoms with van der Waals surface area (Å²) in [5.41, 5.74) is 4.74. The Bertz CT molecular complexity index is 236. The second-order valence-electron chi connectivity index (χ2n) is 3.52. The molecule has 0 aromatic carbocycles. The largest absolute Gasteiger partial charge is 0.361 e. The third-order valence-corrected chi connectivity index (χ3v) is 2.76. The van der Waals surface area contributed by atoms with E-state index in [1.54, 1.807) is 0 Å². The van der Waals surface area contributed by atoms with Crippen molar-refractivity contribution in [1.82, 2.24) is 0 Å². The van der Waals surface area contributed by atoms with Gasteiger partial charge in [-0.05, 0) is 39.2 Å². The molecule has 2 aliphatic rings. The van der Waals surface area contributed by atoms with E-state index in [9.17, 15) is 0 Å². The van der Waals surface area contributed by atoms with E-state index in [0.717, 1.165) is 0 Å². The van der Waals surface area contributed by atoms with Gasteiger partial charge >= 0.3 is 0 Å². The lowest BCUT2D eigenvalue weighted by atomic mass is 9.86. The van der Waals surface area contributed by atoms with Crippen LogP contribution in [0, 0.1) is 0 Å². The van der Waals surface area contributed by atoms with Gasteiger partial charge in [0.1, 0.15) is 5.60 Å². The molecule has 0 N–H and O–H groups in total. The van der Waals surface area contributed by atoms with Crippen LogP contribution in [0.15, 0.2) is 17.4 Å². The predicted molar refractivity (Wildman–Crippen MR) is 67.1 cm³/mol. The molecule has 0 amide bonds. The van der Waals surface area contributed by atoms with Gasteiger partial charge in [0.05, 0.1) is 6.10 Å². The Morgan fingerprint density at radius 3 is 2.47 bits per heavy atom. The van der Waals surface area contributed by atoms with Crippen molar-refractivity contribution in [2.75, 3.05) is 0 Å². The highest BCUT2D eigenvalue weighted by molar-refractivity contribution is 5.27. The summed E-state index contributed by atoms with van der Waals surface area (Å²) < 4.78 is 5.61. The molecule has 1 saturated heterocycles.